The molecule has 3 heterocycles. The molecule has 0 radical (unpaired) electrons. The SMILES string of the molecule is CC1(C)c2cc(-c3nc(-c4cccc(-c5ccccc5)c4)nc(-c4cccc5c4sc4ccccc45)n3)ccc2-c2cc3nc(-c4ccccc4)oc3cc21. The Morgan fingerprint density at radius 1 is 0.455 bits per heavy atom. The van der Waals surface area contributed by atoms with Crippen LogP contribution < -0.4 is 0 Å². The lowest BCUT2D eigenvalue weighted by Crippen LogP contribution is -2.15. The molecule has 0 bridgehead atoms. The van der Waals surface area contributed by atoms with Gasteiger partial charge in [0.2, 0.25) is 5.89 Å². The fraction of sp³-hybridized carbons (Fsp3) is 0.0612. The second kappa shape index (κ2) is 12.1. The molecule has 0 amide bonds. The van der Waals surface area contributed by atoms with E-state index in [-0.39, 0.29) is 5.41 Å². The topological polar surface area (TPSA) is 64.7 Å². The molecule has 5 nitrogen and oxygen atoms in total. The number of benzene rings is 7. The summed E-state index contributed by atoms with van der Waals surface area (Å²) in [5, 5.41) is 2.45. The van der Waals surface area contributed by atoms with Gasteiger partial charge in [0.25, 0.3) is 0 Å². The van der Waals surface area contributed by atoms with E-state index in [2.05, 4.69) is 135 Å². The third-order valence-electron chi connectivity index (χ3n) is 11.0. The molecule has 0 fully saturated rings. The first-order chi connectivity index (χ1) is 27.0. The minimum absolute atomic E-state index is 0.292. The molecule has 3 aromatic heterocycles. The summed E-state index contributed by atoms with van der Waals surface area (Å²) >= 11 is 1.78. The van der Waals surface area contributed by atoms with Gasteiger partial charge in [-0.15, -0.1) is 11.3 Å². The minimum Gasteiger partial charge on any atom is -0.436 e. The Kier molecular flexibility index (Phi) is 7.00. The zero-order valence-electron chi connectivity index (χ0n) is 30.1. The number of aromatic nitrogens is 4. The van der Waals surface area contributed by atoms with Crippen LogP contribution in [0.5, 0.6) is 0 Å². The van der Waals surface area contributed by atoms with Crippen molar-refractivity contribution < 1.29 is 4.42 Å². The molecule has 260 valence electrons. The van der Waals surface area contributed by atoms with Crippen LogP contribution >= 0.6 is 11.3 Å². The van der Waals surface area contributed by atoms with Crippen molar-refractivity contribution in [3.05, 3.63) is 169 Å². The van der Waals surface area contributed by atoms with E-state index in [0.29, 0.717) is 23.4 Å². The van der Waals surface area contributed by atoms with Gasteiger partial charge in [0.05, 0.1) is 0 Å². The van der Waals surface area contributed by atoms with Gasteiger partial charge >= 0.3 is 0 Å². The lowest BCUT2D eigenvalue weighted by Gasteiger charge is -2.21. The van der Waals surface area contributed by atoms with Crippen molar-refractivity contribution in [2.24, 2.45) is 0 Å². The van der Waals surface area contributed by atoms with Crippen LogP contribution in [0.25, 0.3) is 99.1 Å². The Bertz CT molecular complexity index is 3130. The lowest BCUT2D eigenvalue weighted by atomic mass is 9.82. The summed E-state index contributed by atoms with van der Waals surface area (Å²) in [5.74, 6) is 2.57. The predicted octanol–water partition coefficient (Wildman–Crippen LogP) is 13.0. The molecule has 55 heavy (non-hydrogen) atoms. The molecular weight excluding hydrogens is 693 g/mol. The zero-order chi connectivity index (χ0) is 36.7. The molecule has 0 saturated heterocycles. The average molecular weight is 725 g/mol. The van der Waals surface area contributed by atoms with Gasteiger partial charge in [-0.3, -0.25) is 0 Å². The largest absolute Gasteiger partial charge is 0.436 e. The number of hydrogen-bond donors (Lipinski definition) is 0. The third kappa shape index (κ3) is 5.13. The highest BCUT2D eigenvalue weighted by Gasteiger charge is 2.37. The Morgan fingerprint density at radius 2 is 1.09 bits per heavy atom. The first kappa shape index (κ1) is 31.7. The van der Waals surface area contributed by atoms with Gasteiger partial charge in [-0.25, -0.2) is 19.9 Å². The van der Waals surface area contributed by atoms with Crippen LogP contribution in [0.15, 0.2) is 162 Å². The molecule has 0 aliphatic heterocycles. The van der Waals surface area contributed by atoms with Crippen LogP contribution in [0.4, 0.5) is 0 Å². The Balaban J connectivity index is 1.07. The van der Waals surface area contributed by atoms with Crippen LogP contribution in [-0.4, -0.2) is 19.9 Å². The summed E-state index contributed by atoms with van der Waals surface area (Å²) < 4.78 is 8.74. The monoisotopic (exact) mass is 724 g/mol. The summed E-state index contributed by atoms with van der Waals surface area (Å²) in [4.78, 5) is 20.6. The molecule has 1 aliphatic rings. The molecule has 10 aromatic rings. The molecule has 0 saturated carbocycles. The van der Waals surface area contributed by atoms with Gasteiger partial charge in [-0.2, -0.15) is 0 Å². The summed E-state index contributed by atoms with van der Waals surface area (Å²) in [6.45, 7) is 4.56. The van der Waals surface area contributed by atoms with Crippen molar-refractivity contribution >= 4 is 42.6 Å². The zero-order valence-corrected chi connectivity index (χ0v) is 30.9. The number of oxazole rings is 1. The quantitative estimate of drug-likeness (QED) is 0.177. The van der Waals surface area contributed by atoms with Crippen LogP contribution in [0.1, 0.15) is 25.0 Å². The fourth-order valence-electron chi connectivity index (χ4n) is 8.14. The second-order valence-electron chi connectivity index (χ2n) is 14.7. The van der Waals surface area contributed by atoms with E-state index in [1.165, 1.54) is 42.4 Å². The molecule has 0 spiro atoms. The van der Waals surface area contributed by atoms with E-state index in [0.717, 1.165) is 44.5 Å². The first-order valence-corrected chi connectivity index (χ1v) is 19.3. The van der Waals surface area contributed by atoms with Gasteiger partial charge < -0.3 is 4.42 Å². The molecular formula is C49H32N4OS. The van der Waals surface area contributed by atoms with Crippen molar-refractivity contribution in [1.82, 2.24) is 19.9 Å². The van der Waals surface area contributed by atoms with Crippen molar-refractivity contribution in [2.75, 3.05) is 0 Å². The molecule has 0 unspecified atom stereocenters. The first-order valence-electron chi connectivity index (χ1n) is 18.5. The van der Waals surface area contributed by atoms with Crippen LogP contribution in [-0.2, 0) is 5.41 Å². The molecule has 6 heteroatoms. The van der Waals surface area contributed by atoms with E-state index in [9.17, 15) is 0 Å². The van der Waals surface area contributed by atoms with E-state index in [1.54, 1.807) is 11.3 Å². The van der Waals surface area contributed by atoms with E-state index in [1.807, 2.05) is 36.4 Å². The smallest absolute Gasteiger partial charge is 0.227 e. The van der Waals surface area contributed by atoms with Gasteiger partial charge in [-0.05, 0) is 81.9 Å². The number of hydrogen-bond acceptors (Lipinski definition) is 6. The Labute approximate surface area is 321 Å². The molecule has 11 rings (SSSR count). The van der Waals surface area contributed by atoms with E-state index >= 15 is 0 Å². The summed E-state index contributed by atoms with van der Waals surface area (Å²) in [6, 6.07) is 55.0. The molecule has 1 aliphatic carbocycles. The van der Waals surface area contributed by atoms with Crippen LogP contribution in [0.2, 0.25) is 0 Å². The molecule has 0 atom stereocenters. The van der Waals surface area contributed by atoms with Gasteiger partial charge in [0, 0.05) is 47.8 Å². The number of thiophene rings is 1. The maximum Gasteiger partial charge on any atom is 0.227 e. The minimum atomic E-state index is -0.292. The van der Waals surface area contributed by atoms with Crippen molar-refractivity contribution in [3.63, 3.8) is 0 Å². The summed E-state index contributed by atoms with van der Waals surface area (Å²) in [7, 11) is 0. The number of fused-ring (bicyclic) bond motifs is 7. The van der Waals surface area contributed by atoms with E-state index < -0.39 is 0 Å². The van der Waals surface area contributed by atoms with Gasteiger partial charge in [0.15, 0.2) is 23.1 Å². The highest BCUT2D eigenvalue weighted by atomic mass is 32.1. The van der Waals surface area contributed by atoms with Crippen molar-refractivity contribution in [1.29, 1.82) is 0 Å². The van der Waals surface area contributed by atoms with Gasteiger partial charge in [-0.1, -0.05) is 123 Å². The predicted molar refractivity (Wildman–Crippen MR) is 225 cm³/mol. The van der Waals surface area contributed by atoms with Crippen molar-refractivity contribution in [2.45, 2.75) is 19.3 Å². The lowest BCUT2D eigenvalue weighted by molar-refractivity contribution is 0.614. The molecule has 0 N–H and O–H groups in total. The van der Waals surface area contributed by atoms with Crippen LogP contribution in [0, 0.1) is 0 Å². The Morgan fingerprint density at radius 3 is 1.91 bits per heavy atom. The normalized spacial score (nSPS) is 13.1. The van der Waals surface area contributed by atoms with Gasteiger partial charge in [0.1, 0.15) is 5.52 Å². The Hall–Kier alpha value is -6.76. The summed E-state index contributed by atoms with van der Waals surface area (Å²) in [6.07, 6.45) is 0. The number of nitrogens with zero attached hydrogens (tertiary/aromatic N) is 4. The van der Waals surface area contributed by atoms with Crippen LogP contribution in [0.3, 0.4) is 0 Å². The molecule has 7 aromatic carbocycles. The highest BCUT2D eigenvalue weighted by molar-refractivity contribution is 7.26. The number of rotatable bonds is 5. The maximum atomic E-state index is 6.32. The maximum absolute atomic E-state index is 6.32. The standard InChI is InChI=1S/C49H32N4OS/c1-49(2)39-26-33(23-24-34(39)38-27-41-42(28-40(38)49)54-48(50-41)30-15-7-4-8-16-30)46-51-45(32-18-11-17-31(25-32)29-13-5-3-6-14-29)52-47(53-46)37-21-12-20-36-35-19-9-10-22-43(35)55-44(36)37/h3-28H,1-2H3. The average Bonchev–Trinajstić information content (AvgIpc) is 3.90. The fourth-order valence-corrected chi connectivity index (χ4v) is 9.36. The summed E-state index contributed by atoms with van der Waals surface area (Å²) in [5.41, 5.74) is 12.3. The van der Waals surface area contributed by atoms with E-state index in [4.69, 9.17) is 24.4 Å². The van der Waals surface area contributed by atoms with Crippen molar-refractivity contribution in [3.8, 4) is 67.9 Å². The third-order valence-corrected chi connectivity index (χ3v) is 12.2. The highest BCUT2D eigenvalue weighted by Crippen LogP contribution is 2.51. The second-order valence-corrected chi connectivity index (χ2v) is 15.7.